The van der Waals surface area contributed by atoms with Crippen LogP contribution in [0.3, 0.4) is 0 Å². The van der Waals surface area contributed by atoms with E-state index >= 15 is 0 Å². The molecular formula is C18H34N4O3. The number of hydrogen-bond acceptors (Lipinski definition) is 7. The summed E-state index contributed by atoms with van der Waals surface area (Å²) in [6.45, 7) is 8.12. The van der Waals surface area contributed by atoms with Gasteiger partial charge in [-0.3, -0.25) is 16.3 Å². The molecule has 1 aliphatic carbocycles. The first kappa shape index (κ1) is 18.1. The zero-order chi connectivity index (χ0) is 17.1. The van der Waals surface area contributed by atoms with Gasteiger partial charge in [0.15, 0.2) is 0 Å². The quantitative estimate of drug-likeness (QED) is 0.577. The third-order valence-electron chi connectivity index (χ3n) is 6.26. The van der Waals surface area contributed by atoms with E-state index in [0.717, 1.165) is 45.7 Å². The first-order chi connectivity index (χ1) is 12.3. The van der Waals surface area contributed by atoms with Gasteiger partial charge in [-0.25, -0.2) is 5.01 Å². The highest BCUT2D eigenvalue weighted by Gasteiger charge is 2.45. The van der Waals surface area contributed by atoms with Crippen LogP contribution in [-0.2, 0) is 14.2 Å². The van der Waals surface area contributed by atoms with E-state index in [-0.39, 0.29) is 6.10 Å². The average molecular weight is 354 g/mol. The van der Waals surface area contributed by atoms with E-state index in [1.54, 1.807) is 0 Å². The largest absolute Gasteiger partial charge is 0.379 e. The molecule has 3 heterocycles. The molecule has 0 aromatic rings. The molecule has 3 saturated heterocycles. The number of hydrazine groups is 2. The molecule has 1 saturated carbocycles. The van der Waals surface area contributed by atoms with Gasteiger partial charge in [0.2, 0.25) is 0 Å². The molecule has 0 spiro atoms. The van der Waals surface area contributed by atoms with Crippen LogP contribution in [0.15, 0.2) is 0 Å². The molecule has 0 aromatic heterocycles. The summed E-state index contributed by atoms with van der Waals surface area (Å²) in [6, 6.07) is 1.13. The van der Waals surface area contributed by atoms with Crippen molar-refractivity contribution in [1.82, 2.24) is 21.3 Å². The van der Waals surface area contributed by atoms with Gasteiger partial charge >= 0.3 is 0 Å². The Kier molecular flexibility index (Phi) is 6.23. The Bertz CT molecular complexity index is 427. The molecule has 4 fully saturated rings. The fourth-order valence-corrected chi connectivity index (χ4v) is 4.85. The predicted octanol–water partition coefficient (Wildman–Crippen LogP) is 0.279. The third-order valence-corrected chi connectivity index (χ3v) is 6.26. The molecule has 4 aliphatic rings. The van der Waals surface area contributed by atoms with Crippen LogP contribution in [0, 0.1) is 11.8 Å². The smallest absolute Gasteiger partial charge is 0.0701 e. The number of nitrogens with one attached hydrogen (secondary N) is 3. The molecule has 4 bridgehead atoms. The maximum Gasteiger partial charge on any atom is 0.0701 e. The summed E-state index contributed by atoms with van der Waals surface area (Å²) >= 11 is 0. The zero-order valence-corrected chi connectivity index (χ0v) is 15.4. The topological polar surface area (TPSA) is 67.0 Å². The van der Waals surface area contributed by atoms with E-state index in [1.165, 1.54) is 12.8 Å². The van der Waals surface area contributed by atoms with E-state index in [9.17, 15) is 0 Å². The second-order valence-electron chi connectivity index (χ2n) is 8.05. The summed E-state index contributed by atoms with van der Waals surface area (Å²) in [7, 11) is 0. The lowest BCUT2D eigenvalue weighted by Crippen LogP contribution is -2.42. The fraction of sp³-hybridized carbons (Fsp3) is 1.00. The summed E-state index contributed by atoms with van der Waals surface area (Å²) < 4.78 is 17.7. The van der Waals surface area contributed by atoms with Crippen molar-refractivity contribution in [2.45, 2.75) is 56.9 Å². The number of nitrogens with zero attached hydrogens (tertiary/aromatic N) is 1. The summed E-state index contributed by atoms with van der Waals surface area (Å²) in [5, 5.41) is 2.32. The molecule has 3 aliphatic heterocycles. The van der Waals surface area contributed by atoms with E-state index in [2.05, 4.69) is 28.2 Å². The van der Waals surface area contributed by atoms with Crippen LogP contribution in [0.2, 0.25) is 0 Å². The molecule has 7 nitrogen and oxygen atoms in total. The Morgan fingerprint density at radius 1 is 0.960 bits per heavy atom. The molecule has 25 heavy (non-hydrogen) atoms. The lowest BCUT2D eigenvalue weighted by molar-refractivity contribution is -0.0508. The molecule has 0 amide bonds. The lowest BCUT2D eigenvalue weighted by Gasteiger charge is -2.35. The maximum atomic E-state index is 6.36. The first-order valence-corrected chi connectivity index (χ1v) is 10.1. The van der Waals surface area contributed by atoms with E-state index in [1.807, 2.05) is 0 Å². The lowest BCUT2D eigenvalue weighted by atomic mass is 9.76. The van der Waals surface area contributed by atoms with Crippen molar-refractivity contribution in [3.63, 3.8) is 0 Å². The monoisotopic (exact) mass is 354 g/mol. The first-order valence-electron chi connectivity index (χ1n) is 10.1. The molecule has 3 N–H and O–H groups in total. The summed E-state index contributed by atoms with van der Waals surface area (Å²) in [5.74, 6) is 1.30. The van der Waals surface area contributed by atoms with Crippen molar-refractivity contribution in [3.8, 4) is 0 Å². The summed E-state index contributed by atoms with van der Waals surface area (Å²) in [6.07, 6.45) is 5.16. The molecule has 0 aromatic carbocycles. The van der Waals surface area contributed by atoms with Gasteiger partial charge in [-0.15, -0.1) is 0 Å². The molecule has 0 radical (unpaired) electrons. The minimum absolute atomic E-state index is 0.266. The molecular weight excluding hydrogens is 320 g/mol. The van der Waals surface area contributed by atoms with Gasteiger partial charge in [-0.2, -0.15) is 0 Å². The minimum Gasteiger partial charge on any atom is -0.379 e. The second kappa shape index (κ2) is 8.61. The van der Waals surface area contributed by atoms with Gasteiger partial charge < -0.3 is 14.2 Å². The van der Waals surface area contributed by atoms with Crippen LogP contribution in [0.25, 0.3) is 0 Å². The van der Waals surface area contributed by atoms with Crippen molar-refractivity contribution in [1.29, 1.82) is 0 Å². The van der Waals surface area contributed by atoms with Crippen LogP contribution in [-0.4, -0.2) is 75.4 Å². The molecule has 7 heteroatoms. The van der Waals surface area contributed by atoms with Gasteiger partial charge in [0.25, 0.3) is 0 Å². The van der Waals surface area contributed by atoms with Gasteiger partial charge in [0.05, 0.1) is 32.0 Å². The van der Waals surface area contributed by atoms with Crippen LogP contribution in [0.5, 0.6) is 0 Å². The van der Waals surface area contributed by atoms with Crippen LogP contribution in [0.1, 0.15) is 32.6 Å². The zero-order valence-electron chi connectivity index (χ0n) is 15.4. The highest BCUT2D eigenvalue weighted by molar-refractivity contribution is 5.00. The SMILES string of the molecule is C[C@@H]1CCOCCOCCN2CC(CN2)C2NNC3CCC(CC32)O1. The van der Waals surface area contributed by atoms with Crippen LogP contribution >= 0.6 is 0 Å². The summed E-state index contributed by atoms with van der Waals surface area (Å²) in [5.41, 5.74) is 10.7. The Labute approximate surface area is 151 Å². The van der Waals surface area contributed by atoms with Crippen LogP contribution in [0.4, 0.5) is 0 Å². The number of ether oxygens (including phenoxy) is 3. The van der Waals surface area contributed by atoms with Crippen molar-refractivity contribution >= 4 is 0 Å². The Morgan fingerprint density at radius 3 is 2.76 bits per heavy atom. The number of hydrogen-bond donors (Lipinski definition) is 3. The van der Waals surface area contributed by atoms with Crippen molar-refractivity contribution in [3.05, 3.63) is 0 Å². The van der Waals surface area contributed by atoms with Gasteiger partial charge in [0.1, 0.15) is 0 Å². The summed E-state index contributed by atoms with van der Waals surface area (Å²) in [4.78, 5) is 0. The maximum absolute atomic E-state index is 6.36. The van der Waals surface area contributed by atoms with Crippen molar-refractivity contribution in [2.24, 2.45) is 11.8 Å². The Balaban J connectivity index is 1.40. The highest BCUT2D eigenvalue weighted by atomic mass is 16.5. The molecule has 144 valence electrons. The van der Waals surface area contributed by atoms with Crippen molar-refractivity contribution in [2.75, 3.05) is 46.1 Å². The molecule has 7 atom stereocenters. The van der Waals surface area contributed by atoms with Gasteiger partial charge in [-0.1, -0.05) is 0 Å². The standard InChI is InChI=1S/C18H34N4O3/c1-13-4-6-23-8-9-24-7-5-22-12-14(11-19-22)18-16-10-15(25-13)2-3-17(16)20-21-18/h13-21H,2-12H2,1H3/t13-,14?,15?,16?,17?,18?/m1/s1. The van der Waals surface area contributed by atoms with Crippen molar-refractivity contribution < 1.29 is 14.2 Å². The number of fused-ring (bicyclic) bond motifs is 4. The van der Waals surface area contributed by atoms with Gasteiger partial charge in [-0.05, 0) is 38.5 Å². The minimum atomic E-state index is 0.266. The molecule has 6 unspecified atom stereocenters. The third kappa shape index (κ3) is 4.53. The Hall–Kier alpha value is -0.280. The van der Waals surface area contributed by atoms with E-state index < -0.39 is 0 Å². The average Bonchev–Trinajstić information content (AvgIpc) is 3.22. The second-order valence-corrected chi connectivity index (χ2v) is 8.05. The number of rotatable bonds is 0. The fourth-order valence-electron chi connectivity index (χ4n) is 4.85. The molecule has 4 rings (SSSR count). The van der Waals surface area contributed by atoms with E-state index in [0.29, 0.717) is 43.2 Å². The van der Waals surface area contributed by atoms with Crippen LogP contribution < -0.4 is 16.3 Å². The highest BCUT2D eigenvalue weighted by Crippen LogP contribution is 2.36. The Morgan fingerprint density at radius 2 is 1.84 bits per heavy atom. The predicted molar refractivity (Wildman–Crippen MR) is 94.8 cm³/mol. The van der Waals surface area contributed by atoms with E-state index in [4.69, 9.17) is 14.2 Å². The normalized spacial score (nSPS) is 46.7. The van der Waals surface area contributed by atoms with Gasteiger partial charge in [0, 0.05) is 44.2 Å².